The van der Waals surface area contributed by atoms with Crippen LogP contribution in [0.2, 0.25) is 0 Å². The maximum Gasteiger partial charge on any atom is 0.123 e. The highest BCUT2D eigenvalue weighted by molar-refractivity contribution is 5.68. The van der Waals surface area contributed by atoms with Crippen LogP contribution in [0.5, 0.6) is 0 Å². The smallest absolute Gasteiger partial charge is 0.123 e. The third kappa shape index (κ3) is 2.05. The first kappa shape index (κ1) is 14.0. The largest absolute Gasteiger partial charge is 0.758 e. The molecule has 2 atom stereocenters. The Bertz CT molecular complexity index is 844. The number of fused-ring (bicyclic) bond motifs is 3. The summed E-state index contributed by atoms with van der Waals surface area (Å²) < 4.78 is 1.90. The van der Waals surface area contributed by atoms with Gasteiger partial charge in [-0.1, -0.05) is 42.5 Å². The number of aromatic nitrogens is 2. The van der Waals surface area contributed by atoms with E-state index in [1.807, 2.05) is 60.0 Å². The maximum absolute atomic E-state index is 12.6. The van der Waals surface area contributed by atoms with Crippen molar-refractivity contribution >= 4 is 5.69 Å². The lowest BCUT2D eigenvalue weighted by molar-refractivity contribution is 0.214. The Morgan fingerprint density at radius 2 is 1.70 bits per heavy atom. The lowest BCUT2D eigenvalue weighted by Crippen LogP contribution is -2.28. The summed E-state index contributed by atoms with van der Waals surface area (Å²) in [6.45, 7) is 1.83. The summed E-state index contributed by atoms with van der Waals surface area (Å²) in [7, 11) is 0. The molecule has 5 nitrogen and oxygen atoms in total. The summed E-state index contributed by atoms with van der Waals surface area (Å²) in [5, 5.41) is 24.3. The Morgan fingerprint density at radius 3 is 2.43 bits per heavy atom. The van der Waals surface area contributed by atoms with E-state index in [-0.39, 0.29) is 0 Å². The molecule has 0 saturated carbocycles. The van der Waals surface area contributed by atoms with Gasteiger partial charge in [-0.05, 0) is 24.6 Å². The molecule has 5 heteroatoms. The van der Waals surface area contributed by atoms with Crippen LogP contribution in [0.15, 0.2) is 60.9 Å². The van der Waals surface area contributed by atoms with E-state index in [1.165, 1.54) is 0 Å². The lowest BCUT2D eigenvalue weighted by Gasteiger charge is -2.43. The zero-order valence-electron chi connectivity index (χ0n) is 12.6. The minimum absolute atomic E-state index is 0.416. The van der Waals surface area contributed by atoms with Crippen molar-refractivity contribution in [1.82, 2.24) is 9.55 Å². The molecule has 0 bridgehead atoms. The molecule has 0 radical (unpaired) electrons. The van der Waals surface area contributed by atoms with Crippen LogP contribution in [0.1, 0.15) is 36.0 Å². The molecular weight excluding hydrogens is 290 g/mol. The Labute approximate surface area is 134 Å². The van der Waals surface area contributed by atoms with E-state index in [4.69, 9.17) is 0 Å². The Balaban J connectivity index is 1.87. The maximum atomic E-state index is 12.6. The van der Waals surface area contributed by atoms with Crippen LogP contribution in [-0.2, 0) is 0 Å². The summed E-state index contributed by atoms with van der Waals surface area (Å²) in [5.41, 5.74) is 3.42. The summed E-state index contributed by atoms with van der Waals surface area (Å²) in [6, 6.07) is 16.4. The van der Waals surface area contributed by atoms with Gasteiger partial charge >= 0.3 is 0 Å². The first-order chi connectivity index (χ1) is 11.2. The second-order valence-electron chi connectivity index (χ2n) is 5.69. The first-order valence-electron chi connectivity index (χ1n) is 7.54. The van der Waals surface area contributed by atoms with Crippen LogP contribution >= 0.6 is 0 Å². The van der Waals surface area contributed by atoms with Crippen molar-refractivity contribution in [1.29, 1.82) is 0 Å². The number of aliphatic hydroxyl groups excluding tert-OH is 1. The molecule has 0 fully saturated rings. The van der Waals surface area contributed by atoms with Gasteiger partial charge < -0.3 is 15.4 Å². The first-order valence-corrected chi connectivity index (χ1v) is 7.54. The monoisotopic (exact) mass is 306 g/mol. The van der Waals surface area contributed by atoms with E-state index < -0.39 is 12.1 Å². The number of hydrogen-bond donors (Lipinski definition) is 1. The van der Waals surface area contributed by atoms with Crippen molar-refractivity contribution in [2.45, 2.75) is 19.1 Å². The fourth-order valence-electron chi connectivity index (χ4n) is 3.16. The van der Waals surface area contributed by atoms with Gasteiger partial charge in [-0.3, -0.25) is 4.57 Å². The summed E-state index contributed by atoms with van der Waals surface area (Å²) >= 11 is 0. The average molecular weight is 306 g/mol. The standard InChI is InChI=1S/C18H16N3O2/c1-12-17-16(18(22)13-7-3-2-4-8-13)19-11-20(17)14-9-5-6-10-15(14)21(12)23/h2-12,18,22H,1H3/q-1. The summed E-state index contributed by atoms with van der Waals surface area (Å²) in [4.78, 5) is 4.41. The second-order valence-corrected chi connectivity index (χ2v) is 5.69. The Kier molecular flexibility index (Phi) is 3.18. The molecular formula is C18H16N3O2-. The third-order valence-electron chi connectivity index (χ3n) is 4.33. The van der Waals surface area contributed by atoms with Crippen molar-refractivity contribution in [3.63, 3.8) is 0 Å². The molecule has 1 N–H and O–H groups in total. The number of para-hydroxylation sites is 2. The fourth-order valence-corrected chi connectivity index (χ4v) is 3.16. The zero-order valence-corrected chi connectivity index (χ0v) is 12.6. The van der Waals surface area contributed by atoms with E-state index in [9.17, 15) is 10.3 Å². The van der Waals surface area contributed by atoms with Crippen LogP contribution in [0.3, 0.4) is 0 Å². The van der Waals surface area contributed by atoms with Crippen LogP contribution in [-0.4, -0.2) is 14.7 Å². The molecule has 2 aromatic carbocycles. The van der Waals surface area contributed by atoms with Gasteiger partial charge in [-0.15, -0.1) is 0 Å². The number of imidazole rings is 1. The molecule has 1 aromatic heterocycles. The molecule has 1 aliphatic rings. The van der Waals surface area contributed by atoms with E-state index in [2.05, 4.69) is 4.98 Å². The molecule has 0 saturated heterocycles. The molecule has 1 aliphatic heterocycles. The molecule has 2 unspecified atom stereocenters. The fraction of sp³-hybridized carbons (Fsp3) is 0.167. The molecule has 3 aromatic rings. The number of anilines is 1. The van der Waals surface area contributed by atoms with Gasteiger partial charge in [-0.25, -0.2) is 4.98 Å². The van der Waals surface area contributed by atoms with Crippen molar-refractivity contribution < 1.29 is 5.11 Å². The highest BCUT2D eigenvalue weighted by atomic mass is 16.5. The minimum Gasteiger partial charge on any atom is -0.758 e. The molecule has 0 amide bonds. The second kappa shape index (κ2) is 5.22. The summed E-state index contributed by atoms with van der Waals surface area (Å²) in [5.74, 6) is 0. The van der Waals surface area contributed by atoms with Crippen molar-refractivity contribution in [2.75, 3.05) is 5.06 Å². The third-order valence-corrected chi connectivity index (χ3v) is 4.33. The molecule has 116 valence electrons. The van der Waals surface area contributed by atoms with Crippen LogP contribution in [0.4, 0.5) is 5.69 Å². The topological polar surface area (TPSA) is 64.4 Å². The number of hydroxylamine groups is 1. The van der Waals surface area contributed by atoms with E-state index in [0.717, 1.165) is 22.0 Å². The quantitative estimate of drug-likeness (QED) is 0.788. The molecule has 0 aliphatic carbocycles. The van der Waals surface area contributed by atoms with Gasteiger partial charge in [0.1, 0.15) is 6.10 Å². The number of rotatable bonds is 2. The van der Waals surface area contributed by atoms with Gasteiger partial charge in [0, 0.05) is 0 Å². The van der Waals surface area contributed by atoms with E-state index >= 15 is 0 Å². The highest BCUT2D eigenvalue weighted by Crippen LogP contribution is 2.40. The highest BCUT2D eigenvalue weighted by Gasteiger charge is 2.29. The number of aliphatic hydroxyl groups is 1. The SMILES string of the molecule is CC1c2c(C(O)c3ccccc3)ncn2-c2ccccc2N1[O-]. The lowest BCUT2D eigenvalue weighted by atomic mass is 10.0. The van der Waals surface area contributed by atoms with Crippen LogP contribution < -0.4 is 5.06 Å². The van der Waals surface area contributed by atoms with E-state index in [0.29, 0.717) is 11.4 Å². The van der Waals surface area contributed by atoms with Crippen molar-refractivity contribution in [3.8, 4) is 5.69 Å². The average Bonchev–Trinajstić information content (AvgIpc) is 3.05. The van der Waals surface area contributed by atoms with E-state index in [1.54, 1.807) is 12.4 Å². The van der Waals surface area contributed by atoms with Gasteiger partial charge in [0.05, 0.1) is 35.1 Å². The van der Waals surface area contributed by atoms with Crippen LogP contribution in [0, 0.1) is 5.21 Å². The normalized spacial score (nSPS) is 17.5. The molecule has 2 heterocycles. The minimum atomic E-state index is -0.853. The Morgan fingerprint density at radius 1 is 1.04 bits per heavy atom. The number of hydrogen-bond acceptors (Lipinski definition) is 4. The van der Waals surface area contributed by atoms with Gasteiger partial charge in [-0.2, -0.15) is 0 Å². The predicted molar refractivity (Wildman–Crippen MR) is 88.3 cm³/mol. The summed E-state index contributed by atoms with van der Waals surface area (Å²) in [6.07, 6.45) is 0.827. The van der Waals surface area contributed by atoms with Gasteiger partial charge in [0.15, 0.2) is 0 Å². The zero-order chi connectivity index (χ0) is 16.0. The number of nitrogens with zero attached hydrogens (tertiary/aromatic N) is 3. The van der Waals surface area contributed by atoms with Gasteiger partial charge in [0.2, 0.25) is 0 Å². The molecule has 4 rings (SSSR count). The predicted octanol–water partition coefficient (Wildman–Crippen LogP) is 3.33. The van der Waals surface area contributed by atoms with Crippen molar-refractivity contribution in [2.24, 2.45) is 0 Å². The van der Waals surface area contributed by atoms with Crippen molar-refractivity contribution in [3.05, 3.63) is 83.1 Å². The molecule has 23 heavy (non-hydrogen) atoms. The van der Waals surface area contributed by atoms with Gasteiger partial charge in [0.25, 0.3) is 0 Å². The Hall–Kier alpha value is -2.63. The van der Waals surface area contributed by atoms with Crippen LogP contribution in [0.25, 0.3) is 5.69 Å². The number of benzene rings is 2. The molecule has 0 spiro atoms.